The molecule has 4 heteroatoms. The van der Waals surface area contributed by atoms with E-state index in [1.54, 1.807) is 13.0 Å². The summed E-state index contributed by atoms with van der Waals surface area (Å²) in [6, 6.07) is 1.59. The Labute approximate surface area is 83.4 Å². The van der Waals surface area contributed by atoms with E-state index in [4.69, 9.17) is 0 Å². The van der Waals surface area contributed by atoms with Crippen molar-refractivity contribution in [1.29, 1.82) is 0 Å². The summed E-state index contributed by atoms with van der Waals surface area (Å²) in [5, 5.41) is 2.34. The highest BCUT2D eigenvalue weighted by Crippen LogP contribution is 2.08. The van der Waals surface area contributed by atoms with E-state index in [-0.39, 0.29) is 5.56 Å². The quantitative estimate of drug-likeness (QED) is 0.700. The molecule has 14 heavy (non-hydrogen) atoms. The van der Waals surface area contributed by atoms with Gasteiger partial charge >= 0.3 is 0 Å². The molecule has 0 spiro atoms. The van der Waals surface area contributed by atoms with Gasteiger partial charge in [-0.2, -0.15) is 4.39 Å². The van der Waals surface area contributed by atoms with Crippen LogP contribution in [0.25, 0.3) is 0 Å². The third-order valence-electron chi connectivity index (χ3n) is 1.57. The molecule has 0 radical (unpaired) electrons. The molecule has 0 aromatic carbocycles. The fraction of sp³-hybridized carbons (Fsp3) is 0.400. The van der Waals surface area contributed by atoms with Crippen molar-refractivity contribution in [2.75, 3.05) is 7.05 Å². The van der Waals surface area contributed by atoms with Crippen LogP contribution in [0.1, 0.15) is 29.8 Å². The molecular weight excluding hydrogens is 183 g/mol. The third kappa shape index (κ3) is 2.80. The normalized spacial score (nSPS) is 8.64. The Kier molecular flexibility index (Phi) is 5.44. The summed E-state index contributed by atoms with van der Waals surface area (Å²) in [4.78, 5) is 14.4. The number of rotatable bonds is 1. The molecule has 1 aromatic rings. The SMILES string of the molecule is CC.CNC(=O)c1c(C)ccnc1F. The van der Waals surface area contributed by atoms with Gasteiger partial charge in [-0.15, -0.1) is 0 Å². The van der Waals surface area contributed by atoms with Crippen molar-refractivity contribution in [2.24, 2.45) is 0 Å². The van der Waals surface area contributed by atoms with Crippen LogP contribution in [-0.2, 0) is 0 Å². The molecule has 0 atom stereocenters. The smallest absolute Gasteiger partial charge is 0.255 e. The van der Waals surface area contributed by atoms with Crippen molar-refractivity contribution >= 4 is 5.91 Å². The molecule has 0 saturated carbocycles. The van der Waals surface area contributed by atoms with Gasteiger partial charge in [-0.25, -0.2) is 4.98 Å². The van der Waals surface area contributed by atoms with E-state index in [1.807, 2.05) is 13.8 Å². The Morgan fingerprint density at radius 3 is 2.50 bits per heavy atom. The van der Waals surface area contributed by atoms with E-state index < -0.39 is 11.9 Å². The zero-order valence-electron chi connectivity index (χ0n) is 8.89. The summed E-state index contributed by atoms with van der Waals surface area (Å²) < 4.78 is 12.9. The summed E-state index contributed by atoms with van der Waals surface area (Å²) in [5.41, 5.74) is 0.599. The number of nitrogens with zero attached hydrogens (tertiary/aromatic N) is 1. The summed E-state index contributed by atoms with van der Waals surface area (Å²) >= 11 is 0. The predicted molar refractivity (Wildman–Crippen MR) is 53.7 cm³/mol. The second kappa shape index (κ2) is 6.07. The number of aryl methyl sites for hydroxylation is 1. The molecule has 0 fully saturated rings. The van der Waals surface area contributed by atoms with Gasteiger partial charge in [0.2, 0.25) is 5.95 Å². The highest BCUT2D eigenvalue weighted by molar-refractivity contribution is 5.95. The van der Waals surface area contributed by atoms with Gasteiger partial charge in [0.15, 0.2) is 0 Å². The number of aromatic nitrogens is 1. The average Bonchev–Trinajstić information content (AvgIpc) is 2.20. The Balaban J connectivity index is 0.000000791. The van der Waals surface area contributed by atoms with Crippen LogP contribution in [0.15, 0.2) is 12.3 Å². The fourth-order valence-corrected chi connectivity index (χ4v) is 0.923. The van der Waals surface area contributed by atoms with Crippen LogP contribution in [0.5, 0.6) is 0 Å². The van der Waals surface area contributed by atoms with Gasteiger partial charge in [0.25, 0.3) is 5.91 Å². The molecule has 3 nitrogen and oxygen atoms in total. The lowest BCUT2D eigenvalue weighted by molar-refractivity contribution is 0.0957. The maximum atomic E-state index is 12.9. The zero-order chi connectivity index (χ0) is 11.1. The minimum absolute atomic E-state index is 0.0139. The van der Waals surface area contributed by atoms with Crippen molar-refractivity contribution < 1.29 is 9.18 Å². The molecule has 0 aliphatic rings. The molecule has 1 aromatic heterocycles. The first-order chi connectivity index (χ1) is 6.66. The number of halogens is 1. The molecule has 0 aliphatic heterocycles. The molecule has 0 bridgehead atoms. The lowest BCUT2D eigenvalue weighted by atomic mass is 10.1. The number of pyridine rings is 1. The van der Waals surface area contributed by atoms with E-state index in [0.29, 0.717) is 5.56 Å². The number of amides is 1. The van der Waals surface area contributed by atoms with Crippen LogP contribution < -0.4 is 5.32 Å². The van der Waals surface area contributed by atoms with Crippen molar-refractivity contribution in [1.82, 2.24) is 10.3 Å². The first-order valence-corrected chi connectivity index (χ1v) is 4.50. The first kappa shape index (κ1) is 12.6. The van der Waals surface area contributed by atoms with Gasteiger partial charge in [0.05, 0.1) is 5.56 Å². The first-order valence-electron chi connectivity index (χ1n) is 4.50. The van der Waals surface area contributed by atoms with Crippen LogP contribution in [0.3, 0.4) is 0 Å². The molecule has 1 rings (SSSR count). The Bertz CT molecular complexity index is 293. The Hall–Kier alpha value is -1.45. The van der Waals surface area contributed by atoms with Gasteiger partial charge in [-0.05, 0) is 18.6 Å². The topological polar surface area (TPSA) is 42.0 Å². The van der Waals surface area contributed by atoms with Crippen LogP contribution in [0, 0.1) is 12.9 Å². The zero-order valence-corrected chi connectivity index (χ0v) is 8.89. The second-order valence-electron chi connectivity index (χ2n) is 2.37. The van der Waals surface area contributed by atoms with Crippen LogP contribution >= 0.6 is 0 Å². The molecule has 0 saturated heterocycles. The van der Waals surface area contributed by atoms with Gasteiger partial charge in [-0.3, -0.25) is 4.79 Å². The minimum Gasteiger partial charge on any atom is -0.355 e. The predicted octanol–water partition coefficient (Wildman–Crippen LogP) is 1.91. The number of hydrogen-bond donors (Lipinski definition) is 1. The molecule has 1 amide bonds. The lowest BCUT2D eigenvalue weighted by Crippen LogP contribution is -2.21. The van der Waals surface area contributed by atoms with Crippen molar-refractivity contribution in [2.45, 2.75) is 20.8 Å². The third-order valence-corrected chi connectivity index (χ3v) is 1.57. The van der Waals surface area contributed by atoms with Crippen molar-refractivity contribution in [3.05, 3.63) is 29.3 Å². The minimum atomic E-state index is -0.727. The number of carbonyl (C=O) groups excluding carboxylic acids is 1. The van der Waals surface area contributed by atoms with Gasteiger partial charge in [0.1, 0.15) is 0 Å². The monoisotopic (exact) mass is 198 g/mol. The number of carbonyl (C=O) groups is 1. The molecule has 0 aliphatic carbocycles. The van der Waals surface area contributed by atoms with Gasteiger partial charge in [-0.1, -0.05) is 13.8 Å². The van der Waals surface area contributed by atoms with Gasteiger partial charge < -0.3 is 5.32 Å². The van der Waals surface area contributed by atoms with Crippen molar-refractivity contribution in [3.63, 3.8) is 0 Å². The molecule has 78 valence electrons. The fourth-order valence-electron chi connectivity index (χ4n) is 0.923. The maximum Gasteiger partial charge on any atom is 0.255 e. The largest absolute Gasteiger partial charge is 0.355 e. The molecule has 1 heterocycles. The van der Waals surface area contributed by atoms with E-state index in [1.165, 1.54) is 13.2 Å². The standard InChI is InChI=1S/C8H9FN2O.C2H6/c1-5-3-4-11-7(9)6(5)8(12)10-2;1-2/h3-4H,1-2H3,(H,10,12);1-2H3. The van der Waals surface area contributed by atoms with E-state index in [2.05, 4.69) is 10.3 Å². The Morgan fingerprint density at radius 2 is 2.07 bits per heavy atom. The molecule has 1 N–H and O–H groups in total. The second-order valence-corrected chi connectivity index (χ2v) is 2.37. The van der Waals surface area contributed by atoms with E-state index in [0.717, 1.165) is 0 Å². The summed E-state index contributed by atoms with van der Waals surface area (Å²) in [6.07, 6.45) is 1.33. The van der Waals surface area contributed by atoms with E-state index in [9.17, 15) is 9.18 Å². The van der Waals surface area contributed by atoms with Crippen LogP contribution in [0.4, 0.5) is 4.39 Å². The highest BCUT2D eigenvalue weighted by Gasteiger charge is 2.13. The Morgan fingerprint density at radius 1 is 1.50 bits per heavy atom. The highest BCUT2D eigenvalue weighted by atomic mass is 19.1. The van der Waals surface area contributed by atoms with E-state index >= 15 is 0 Å². The summed E-state index contributed by atoms with van der Waals surface area (Å²) in [7, 11) is 1.45. The van der Waals surface area contributed by atoms with Gasteiger partial charge in [0, 0.05) is 13.2 Å². The number of hydrogen-bond acceptors (Lipinski definition) is 2. The summed E-state index contributed by atoms with van der Waals surface area (Å²) in [6.45, 7) is 5.66. The summed E-state index contributed by atoms with van der Waals surface area (Å²) in [5.74, 6) is -1.17. The molecular formula is C10H15FN2O. The average molecular weight is 198 g/mol. The molecule has 0 unspecified atom stereocenters. The van der Waals surface area contributed by atoms with Crippen LogP contribution in [-0.4, -0.2) is 17.9 Å². The maximum absolute atomic E-state index is 12.9. The van der Waals surface area contributed by atoms with Crippen molar-refractivity contribution in [3.8, 4) is 0 Å². The lowest BCUT2D eigenvalue weighted by Gasteiger charge is -2.03. The van der Waals surface area contributed by atoms with Crippen LogP contribution in [0.2, 0.25) is 0 Å². The number of nitrogens with one attached hydrogen (secondary N) is 1.